The molecule has 1 atom stereocenters. The van der Waals surface area contributed by atoms with Crippen LogP contribution in [0, 0.1) is 0 Å². The Balaban J connectivity index is 3.51. The Morgan fingerprint density at radius 3 is 1.36 bits per heavy atom. The van der Waals surface area contributed by atoms with Gasteiger partial charge >= 0.3 is 11.9 Å². The van der Waals surface area contributed by atoms with E-state index < -0.39 is 5.97 Å². The molecule has 0 aliphatic heterocycles. The molecule has 0 spiro atoms. The van der Waals surface area contributed by atoms with Gasteiger partial charge in [-0.2, -0.15) is 0 Å². The van der Waals surface area contributed by atoms with E-state index in [0.717, 1.165) is 89.9 Å². The van der Waals surface area contributed by atoms with Crippen molar-refractivity contribution in [1.82, 2.24) is 0 Å². The fourth-order valence-electron chi connectivity index (χ4n) is 4.81. The number of aliphatic carboxylic acids is 1. The maximum atomic E-state index is 12.1. The molecule has 0 saturated carbocycles. The Kier molecular flexibility index (Phi) is 32.8. The lowest BCUT2D eigenvalue weighted by molar-refractivity contribution is -0.148. The molecule has 0 aliphatic rings. The number of hydrogen-bond acceptors (Lipinski definition) is 3. The van der Waals surface area contributed by atoms with Gasteiger partial charge in [0.25, 0.3) is 0 Å². The van der Waals surface area contributed by atoms with Crippen molar-refractivity contribution < 1.29 is 19.4 Å². The number of unbranched alkanes of at least 4 members (excludes halogenated alkanes) is 12. The topological polar surface area (TPSA) is 63.6 Å². The average Bonchev–Trinajstić information content (AvgIpc) is 3.00. The SMILES string of the molecule is CC/C=C\C/C=C\C/C=C\C/C=C\C/C=C\C/C=C\CCCCC(=O)OC(C)CCCCCCCCCCCCCC(=O)O. The fourth-order valence-corrected chi connectivity index (χ4v) is 4.81. The molecule has 0 aliphatic carbocycles. The summed E-state index contributed by atoms with van der Waals surface area (Å²) in [5, 5.41) is 8.64. The zero-order valence-corrected chi connectivity index (χ0v) is 28.4. The summed E-state index contributed by atoms with van der Waals surface area (Å²) in [6.07, 6.45) is 50.4. The van der Waals surface area contributed by atoms with Crippen LogP contribution in [0.5, 0.6) is 0 Å². The number of hydrogen-bond donors (Lipinski definition) is 1. The van der Waals surface area contributed by atoms with Crippen LogP contribution < -0.4 is 0 Å². The van der Waals surface area contributed by atoms with Gasteiger partial charge in [0.05, 0.1) is 6.10 Å². The van der Waals surface area contributed by atoms with Crippen molar-refractivity contribution in [2.45, 2.75) is 168 Å². The highest BCUT2D eigenvalue weighted by Crippen LogP contribution is 2.14. The first-order valence-electron chi connectivity index (χ1n) is 17.9. The van der Waals surface area contributed by atoms with Crippen molar-refractivity contribution in [3.63, 3.8) is 0 Å². The van der Waals surface area contributed by atoms with E-state index in [1.807, 2.05) is 6.92 Å². The Hall–Kier alpha value is -2.62. The van der Waals surface area contributed by atoms with Gasteiger partial charge in [0.1, 0.15) is 0 Å². The minimum absolute atomic E-state index is 0.0204. The minimum Gasteiger partial charge on any atom is -0.481 e. The van der Waals surface area contributed by atoms with Gasteiger partial charge in [-0.15, -0.1) is 0 Å². The van der Waals surface area contributed by atoms with Gasteiger partial charge in [0.2, 0.25) is 0 Å². The number of carbonyl (C=O) groups is 2. The Morgan fingerprint density at radius 2 is 0.909 bits per heavy atom. The maximum Gasteiger partial charge on any atom is 0.306 e. The molecule has 1 N–H and O–H groups in total. The Morgan fingerprint density at radius 1 is 0.523 bits per heavy atom. The minimum atomic E-state index is -0.680. The van der Waals surface area contributed by atoms with E-state index in [-0.39, 0.29) is 12.1 Å². The van der Waals surface area contributed by atoms with Crippen LogP contribution >= 0.6 is 0 Å². The predicted octanol–water partition coefficient (Wildman–Crippen LogP) is 12.3. The summed E-state index contributed by atoms with van der Waals surface area (Å²) in [6.45, 7) is 4.18. The van der Waals surface area contributed by atoms with E-state index >= 15 is 0 Å². The maximum absolute atomic E-state index is 12.1. The van der Waals surface area contributed by atoms with Crippen molar-refractivity contribution in [2.75, 3.05) is 0 Å². The molecule has 4 heteroatoms. The first-order chi connectivity index (χ1) is 21.6. The molecule has 0 radical (unpaired) electrons. The summed E-state index contributed by atoms with van der Waals surface area (Å²) in [5.74, 6) is -0.732. The van der Waals surface area contributed by atoms with Crippen LogP contribution in [0.3, 0.4) is 0 Å². The lowest BCUT2D eigenvalue weighted by Crippen LogP contribution is -2.14. The van der Waals surface area contributed by atoms with Crippen LogP contribution in [0.25, 0.3) is 0 Å². The third kappa shape index (κ3) is 35.6. The highest BCUT2D eigenvalue weighted by molar-refractivity contribution is 5.69. The van der Waals surface area contributed by atoms with E-state index in [0.29, 0.717) is 12.8 Å². The third-order valence-electron chi connectivity index (χ3n) is 7.43. The number of carboxylic acid groups (broad SMARTS) is 1. The number of carboxylic acids is 1. The normalized spacial score (nSPS) is 13.1. The van der Waals surface area contributed by atoms with Crippen LogP contribution in [0.2, 0.25) is 0 Å². The van der Waals surface area contributed by atoms with Crippen LogP contribution in [0.15, 0.2) is 72.9 Å². The molecule has 1 unspecified atom stereocenters. The summed E-state index contributed by atoms with van der Waals surface area (Å²) in [5.41, 5.74) is 0. The second-order valence-corrected chi connectivity index (χ2v) is 11.8. The number of rotatable bonds is 31. The largest absolute Gasteiger partial charge is 0.481 e. The molecule has 0 aromatic heterocycles. The van der Waals surface area contributed by atoms with Crippen molar-refractivity contribution in [1.29, 1.82) is 0 Å². The predicted molar refractivity (Wildman–Crippen MR) is 190 cm³/mol. The van der Waals surface area contributed by atoms with Gasteiger partial charge in [-0.3, -0.25) is 9.59 Å². The van der Waals surface area contributed by atoms with Crippen LogP contribution in [-0.2, 0) is 14.3 Å². The first kappa shape index (κ1) is 41.4. The summed E-state index contributed by atoms with van der Waals surface area (Å²) < 4.78 is 5.59. The highest BCUT2D eigenvalue weighted by Gasteiger charge is 2.08. The monoisotopic (exact) mass is 610 g/mol. The first-order valence-corrected chi connectivity index (χ1v) is 17.9. The number of ether oxygens (including phenoxy) is 1. The molecule has 0 heterocycles. The van der Waals surface area contributed by atoms with Gasteiger partial charge in [0, 0.05) is 12.8 Å². The summed E-state index contributed by atoms with van der Waals surface area (Å²) in [7, 11) is 0. The summed E-state index contributed by atoms with van der Waals surface area (Å²) in [4.78, 5) is 22.6. The van der Waals surface area contributed by atoms with E-state index in [9.17, 15) is 9.59 Å². The average molecular weight is 611 g/mol. The van der Waals surface area contributed by atoms with Crippen molar-refractivity contribution in [2.24, 2.45) is 0 Å². The molecule has 0 rings (SSSR count). The summed E-state index contributed by atoms with van der Waals surface area (Å²) in [6, 6.07) is 0. The molecule has 0 fully saturated rings. The van der Waals surface area contributed by atoms with Crippen molar-refractivity contribution in [3.05, 3.63) is 72.9 Å². The van der Waals surface area contributed by atoms with Gasteiger partial charge in [-0.25, -0.2) is 0 Å². The lowest BCUT2D eigenvalue weighted by Gasteiger charge is -2.13. The fraction of sp³-hybridized carbons (Fsp3) is 0.650. The molecular formula is C40H66O4. The molecule has 250 valence electrons. The second kappa shape index (κ2) is 34.9. The zero-order valence-electron chi connectivity index (χ0n) is 28.4. The van der Waals surface area contributed by atoms with E-state index in [4.69, 9.17) is 9.84 Å². The van der Waals surface area contributed by atoms with E-state index in [1.165, 1.54) is 44.9 Å². The van der Waals surface area contributed by atoms with Crippen molar-refractivity contribution >= 4 is 11.9 Å². The summed E-state index contributed by atoms with van der Waals surface area (Å²) >= 11 is 0. The second-order valence-electron chi connectivity index (χ2n) is 11.8. The number of allylic oxidation sites excluding steroid dienone is 12. The Bertz CT molecular complexity index is 830. The molecule has 0 bridgehead atoms. The van der Waals surface area contributed by atoms with Crippen LogP contribution in [-0.4, -0.2) is 23.1 Å². The van der Waals surface area contributed by atoms with Crippen molar-refractivity contribution in [3.8, 4) is 0 Å². The van der Waals surface area contributed by atoms with E-state index in [2.05, 4.69) is 79.8 Å². The number of esters is 1. The van der Waals surface area contributed by atoms with Gasteiger partial charge in [-0.1, -0.05) is 138 Å². The smallest absolute Gasteiger partial charge is 0.306 e. The zero-order chi connectivity index (χ0) is 32.2. The van der Waals surface area contributed by atoms with Crippen LogP contribution in [0.1, 0.15) is 162 Å². The Labute approximate surface area is 271 Å². The molecule has 0 saturated heterocycles. The van der Waals surface area contributed by atoms with Gasteiger partial charge in [-0.05, 0) is 84.0 Å². The van der Waals surface area contributed by atoms with Crippen LogP contribution in [0.4, 0.5) is 0 Å². The standard InChI is InChI=1S/C40H66O4/c1-3-4-5-6-7-8-9-10-11-12-13-14-15-16-17-18-22-25-28-31-34-37-40(43)44-38(2)35-32-29-26-23-20-19-21-24-27-30-33-36-39(41)42/h4-5,7-8,10-11,13-14,16-17,22,25,38H,3,6,9,12,15,18-21,23-24,26-37H2,1-2H3,(H,41,42)/b5-4-,8-7-,11-10-,14-13-,17-16-,25-22-. The van der Waals surface area contributed by atoms with Gasteiger partial charge < -0.3 is 9.84 Å². The van der Waals surface area contributed by atoms with Gasteiger partial charge in [0.15, 0.2) is 0 Å². The molecule has 0 aromatic rings. The third-order valence-corrected chi connectivity index (χ3v) is 7.43. The molecular weight excluding hydrogens is 544 g/mol. The molecule has 0 aromatic carbocycles. The molecule has 0 amide bonds. The quantitative estimate of drug-likeness (QED) is 0.0482. The lowest BCUT2D eigenvalue weighted by atomic mass is 10.0. The number of carbonyl (C=O) groups excluding carboxylic acids is 1. The molecule has 44 heavy (non-hydrogen) atoms. The molecule has 4 nitrogen and oxygen atoms in total. The van der Waals surface area contributed by atoms with E-state index in [1.54, 1.807) is 0 Å². The highest BCUT2D eigenvalue weighted by atomic mass is 16.5.